The van der Waals surface area contributed by atoms with Gasteiger partial charge in [0.2, 0.25) is 11.8 Å². The Hall–Kier alpha value is -4.59. The highest BCUT2D eigenvalue weighted by Crippen LogP contribution is 2.39. The predicted molar refractivity (Wildman–Crippen MR) is 140 cm³/mol. The summed E-state index contributed by atoms with van der Waals surface area (Å²) in [4.78, 5) is 32.1. The van der Waals surface area contributed by atoms with Crippen molar-refractivity contribution in [2.75, 3.05) is 23.0 Å². The van der Waals surface area contributed by atoms with Crippen LogP contribution < -0.4 is 26.0 Å². The van der Waals surface area contributed by atoms with Crippen LogP contribution >= 0.6 is 23.2 Å². The van der Waals surface area contributed by atoms with E-state index in [1.807, 2.05) is 0 Å². The lowest BCUT2D eigenvalue weighted by molar-refractivity contribution is 0.253. The molecule has 196 valence electrons. The summed E-state index contributed by atoms with van der Waals surface area (Å²) in [7, 11) is 1.46. The number of ether oxygens (including phenoxy) is 1. The van der Waals surface area contributed by atoms with Crippen molar-refractivity contribution in [1.82, 2.24) is 25.1 Å². The molecule has 0 radical (unpaired) electrons. The van der Waals surface area contributed by atoms with Crippen LogP contribution in [-0.4, -0.2) is 49.1 Å². The van der Waals surface area contributed by atoms with Gasteiger partial charge >= 0.3 is 12.1 Å². The summed E-state index contributed by atoms with van der Waals surface area (Å²) in [6.45, 7) is -0.125. The molecule has 15 heteroatoms. The maximum atomic E-state index is 12.7. The quantitative estimate of drug-likeness (QED) is 0.194. The highest BCUT2D eigenvalue weighted by Gasteiger charge is 2.17. The largest absolute Gasteiger partial charge is 0.492 e. The zero-order chi connectivity index (χ0) is 27.2. The summed E-state index contributed by atoms with van der Waals surface area (Å²) in [6.07, 6.45) is 1.19. The second-order valence-electron chi connectivity index (χ2n) is 7.49. The van der Waals surface area contributed by atoms with Crippen molar-refractivity contribution in [3.63, 3.8) is 0 Å². The molecule has 0 aliphatic heterocycles. The third-order valence-corrected chi connectivity index (χ3v) is 5.79. The number of carbonyl (C=O) groups excluding carboxylic acids is 2. The zero-order valence-electron chi connectivity index (χ0n) is 19.6. The summed E-state index contributed by atoms with van der Waals surface area (Å²) in [5.74, 6) is 0.280. The van der Waals surface area contributed by atoms with Crippen LogP contribution in [0.2, 0.25) is 10.0 Å². The first-order valence-corrected chi connectivity index (χ1v) is 11.6. The van der Waals surface area contributed by atoms with E-state index in [1.165, 1.54) is 42.3 Å². The van der Waals surface area contributed by atoms with Gasteiger partial charge in [0.25, 0.3) is 0 Å². The second-order valence-corrected chi connectivity index (χ2v) is 8.25. The molecule has 0 saturated heterocycles. The number of rotatable bonds is 7. The van der Waals surface area contributed by atoms with E-state index in [9.17, 15) is 19.8 Å². The molecule has 4 amide bonds. The Morgan fingerprint density at radius 3 is 2.45 bits per heavy atom. The maximum Gasteiger partial charge on any atom is 0.324 e. The number of anilines is 3. The van der Waals surface area contributed by atoms with Crippen LogP contribution in [0.15, 0.2) is 54.9 Å². The van der Waals surface area contributed by atoms with Crippen LogP contribution in [0.1, 0.15) is 5.56 Å². The molecule has 0 fully saturated rings. The van der Waals surface area contributed by atoms with Gasteiger partial charge in [-0.05, 0) is 29.8 Å². The fraction of sp³-hybridized carbons (Fsp3) is 0.0870. The van der Waals surface area contributed by atoms with E-state index in [2.05, 4.69) is 36.3 Å². The number of aromatic nitrogens is 4. The molecule has 0 aliphatic rings. The number of benzene rings is 2. The molecule has 0 unspecified atom stereocenters. The lowest BCUT2D eigenvalue weighted by Crippen LogP contribution is -2.24. The van der Waals surface area contributed by atoms with Crippen molar-refractivity contribution in [2.45, 2.75) is 6.61 Å². The lowest BCUT2D eigenvalue weighted by atomic mass is 10.2. The Morgan fingerprint density at radius 2 is 1.74 bits per heavy atom. The van der Waals surface area contributed by atoms with Gasteiger partial charge in [-0.2, -0.15) is 0 Å². The van der Waals surface area contributed by atoms with Gasteiger partial charge in [-0.15, -0.1) is 5.10 Å². The Kier molecular flexibility index (Phi) is 8.11. The molecule has 38 heavy (non-hydrogen) atoms. The number of aromatic hydroxyl groups is 1. The average Bonchev–Trinajstić information content (AvgIpc) is 3.28. The molecule has 0 saturated carbocycles. The van der Waals surface area contributed by atoms with E-state index in [4.69, 9.17) is 27.9 Å². The van der Waals surface area contributed by atoms with Gasteiger partial charge in [0.1, 0.15) is 28.7 Å². The van der Waals surface area contributed by atoms with Crippen LogP contribution in [0.25, 0.3) is 5.69 Å². The third kappa shape index (κ3) is 6.21. The van der Waals surface area contributed by atoms with E-state index >= 15 is 0 Å². The van der Waals surface area contributed by atoms with Gasteiger partial charge in [-0.1, -0.05) is 35.3 Å². The van der Waals surface area contributed by atoms with Gasteiger partial charge in [-0.3, -0.25) is 10.6 Å². The molecule has 2 heterocycles. The maximum absolute atomic E-state index is 12.7. The molecule has 0 atom stereocenters. The topological polar surface area (TPSA) is 176 Å². The van der Waals surface area contributed by atoms with Gasteiger partial charge in [0, 0.05) is 19.2 Å². The van der Waals surface area contributed by atoms with Crippen LogP contribution in [-0.2, 0) is 6.61 Å². The van der Waals surface area contributed by atoms with Crippen molar-refractivity contribution < 1.29 is 24.5 Å². The summed E-state index contributed by atoms with van der Waals surface area (Å²) in [5.41, 5.74) is 1.41. The second kappa shape index (κ2) is 11.6. The normalized spacial score (nSPS) is 10.5. The number of amides is 4. The zero-order valence-corrected chi connectivity index (χ0v) is 21.1. The first kappa shape index (κ1) is 26.5. The SMILES string of the molecule is CNC(=O)Nc1cc(Oc2ccc(NC(=O)Nc3cc(O)nn3-c3ccc(CO)cc3)c(Cl)c2Cl)ncn1. The minimum absolute atomic E-state index is 0.00412. The standard InChI is InChI=1S/C23H20Cl2N8O5/c1-26-22(36)30-16-8-19(28-11-27-16)38-15-7-6-14(20(24)21(15)25)29-23(37)31-17-9-18(35)32-33(17)13-4-2-12(10-34)3-5-13/h2-9,11,34H,10H2,1H3,(H,32,35)(H2,29,31,37)(H2,26,27,28,30,36). The number of hydrogen-bond acceptors (Lipinski definition) is 8. The van der Waals surface area contributed by atoms with E-state index in [0.717, 1.165) is 0 Å². The molecular weight excluding hydrogens is 539 g/mol. The number of urea groups is 2. The van der Waals surface area contributed by atoms with Crippen molar-refractivity contribution in [2.24, 2.45) is 0 Å². The predicted octanol–water partition coefficient (Wildman–Crippen LogP) is 4.35. The van der Waals surface area contributed by atoms with Crippen LogP contribution in [0.5, 0.6) is 17.5 Å². The van der Waals surface area contributed by atoms with E-state index in [0.29, 0.717) is 11.3 Å². The monoisotopic (exact) mass is 558 g/mol. The third-order valence-electron chi connectivity index (χ3n) is 4.92. The van der Waals surface area contributed by atoms with E-state index < -0.39 is 12.1 Å². The molecule has 2 aromatic heterocycles. The Balaban J connectivity index is 1.47. The summed E-state index contributed by atoms with van der Waals surface area (Å²) < 4.78 is 6.98. The van der Waals surface area contributed by atoms with Crippen molar-refractivity contribution in [1.29, 1.82) is 0 Å². The molecule has 2 aromatic carbocycles. The number of aliphatic hydroxyl groups is 1. The Morgan fingerprint density at radius 1 is 0.974 bits per heavy atom. The number of nitrogens with zero attached hydrogens (tertiary/aromatic N) is 4. The van der Waals surface area contributed by atoms with Gasteiger partial charge in [-0.25, -0.2) is 24.2 Å². The molecule has 6 N–H and O–H groups in total. The summed E-state index contributed by atoms with van der Waals surface area (Å²) >= 11 is 12.7. The highest BCUT2D eigenvalue weighted by atomic mass is 35.5. The number of aliphatic hydroxyl groups excluding tert-OH is 1. The van der Waals surface area contributed by atoms with E-state index in [1.54, 1.807) is 24.3 Å². The van der Waals surface area contributed by atoms with Crippen molar-refractivity contribution in [3.05, 3.63) is 70.5 Å². The Labute approximate surface area is 225 Å². The first-order valence-electron chi connectivity index (χ1n) is 10.8. The molecule has 4 rings (SSSR count). The number of hydrogen-bond donors (Lipinski definition) is 6. The molecular formula is C23H20Cl2N8O5. The fourth-order valence-corrected chi connectivity index (χ4v) is 3.54. The van der Waals surface area contributed by atoms with Crippen LogP contribution in [0, 0.1) is 0 Å². The minimum atomic E-state index is -0.689. The fourth-order valence-electron chi connectivity index (χ4n) is 3.13. The van der Waals surface area contributed by atoms with Crippen LogP contribution in [0.4, 0.5) is 26.9 Å². The highest BCUT2D eigenvalue weighted by molar-refractivity contribution is 6.45. The average molecular weight is 559 g/mol. The van der Waals surface area contributed by atoms with Crippen molar-refractivity contribution >= 4 is 52.6 Å². The number of halogens is 2. The number of carbonyl (C=O) groups is 2. The Bertz CT molecular complexity index is 1480. The van der Waals surface area contributed by atoms with Gasteiger partial charge in [0.15, 0.2) is 0 Å². The van der Waals surface area contributed by atoms with Gasteiger partial charge < -0.3 is 25.6 Å². The first-order chi connectivity index (χ1) is 18.3. The van der Waals surface area contributed by atoms with Crippen molar-refractivity contribution in [3.8, 4) is 23.2 Å². The molecule has 4 aromatic rings. The summed E-state index contributed by atoms with van der Waals surface area (Å²) in [5, 5.41) is 33.1. The molecule has 0 spiro atoms. The molecule has 0 bridgehead atoms. The summed E-state index contributed by atoms with van der Waals surface area (Å²) in [6, 6.07) is 11.1. The smallest absolute Gasteiger partial charge is 0.324 e. The lowest BCUT2D eigenvalue weighted by Gasteiger charge is -2.13. The van der Waals surface area contributed by atoms with Crippen LogP contribution in [0.3, 0.4) is 0 Å². The molecule has 13 nitrogen and oxygen atoms in total. The van der Waals surface area contributed by atoms with E-state index in [-0.39, 0.29) is 51.5 Å². The van der Waals surface area contributed by atoms with Gasteiger partial charge in [0.05, 0.1) is 23.0 Å². The number of nitrogens with one attached hydrogen (secondary N) is 4. The molecule has 0 aliphatic carbocycles. The minimum Gasteiger partial charge on any atom is -0.492 e.